The van der Waals surface area contributed by atoms with Crippen LogP contribution in [0.1, 0.15) is 51.2 Å². The van der Waals surface area contributed by atoms with Crippen LogP contribution >= 0.6 is 0 Å². The molecular formula is C33H43N3O5S. The van der Waals surface area contributed by atoms with E-state index in [4.69, 9.17) is 4.74 Å². The first-order valence-electron chi connectivity index (χ1n) is 14.5. The Balaban J connectivity index is 1.84. The molecule has 8 nitrogen and oxygen atoms in total. The number of hydrogen-bond acceptors (Lipinski definition) is 5. The molecule has 0 aromatic heterocycles. The Labute approximate surface area is 250 Å². The molecule has 0 unspecified atom stereocenters. The molecule has 0 radical (unpaired) electrons. The molecule has 3 aromatic carbocycles. The molecule has 3 aromatic rings. The zero-order valence-electron chi connectivity index (χ0n) is 25.0. The fraction of sp³-hybridized carbons (Fsp3) is 0.394. The number of benzene rings is 3. The molecule has 0 fully saturated rings. The molecule has 0 aliphatic rings. The Morgan fingerprint density at radius 3 is 2.02 bits per heavy atom. The topological polar surface area (TPSA) is 96.0 Å². The molecule has 9 heteroatoms. The second-order valence-electron chi connectivity index (χ2n) is 10.4. The summed E-state index contributed by atoms with van der Waals surface area (Å²) in [5, 5.41) is 3.07. The Hall–Kier alpha value is -3.85. The number of nitrogens with one attached hydrogen (secondary N) is 1. The van der Waals surface area contributed by atoms with Gasteiger partial charge in [0, 0.05) is 32.0 Å². The van der Waals surface area contributed by atoms with Gasteiger partial charge in [-0.3, -0.25) is 13.9 Å². The number of carbonyl (C=O) groups is 2. The monoisotopic (exact) mass is 593 g/mol. The van der Waals surface area contributed by atoms with Crippen molar-refractivity contribution in [3.05, 3.63) is 96.1 Å². The molecule has 1 N–H and O–H groups in total. The Kier molecular flexibility index (Phi) is 12.4. The lowest BCUT2D eigenvalue weighted by Gasteiger charge is -2.32. The second kappa shape index (κ2) is 16.0. The number of rotatable bonds is 16. The number of ether oxygens (including phenoxy) is 1. The Morgan fingerprint density at radius 2 is 1.48 bits per heavy atom. The maximum absolute atomic E-state index is 13.9. The SMILES string of the molecule is CCOc1ccc(N(CCCC(=O)N(Cc2ccccc2)[C@H](Cc2ccccc2)C(=O)N[C@H](C)CC)S(C)(=O)=O)cc1. The van der Waals surface area contributed by atoms with E-state index in [1.165, 1.54) is 4.31 Å². The maximum Gasteiger partial charge on any atom is 0.243 e. The second-order valence-corrected chi connectivity index (χ2v) is 12.3. The van der Waals surface area contributed by atoms with Gasteiger partial charge in [0.1, 0.15) is 11.8 Å². The first kappa shape index (κ1) is 32.7. The molecule has 0 heterocycles. The van der Waals surface area contributed by atoms with Gasteiger partial charge in [0.25, 0.3) is 0 Å². The van der Waals surface area contributed by atoms with E-state index in [0.717, 1.165) is 23.8 Å². The summed E-state index contributed by atoms with van der Waals surface area (Å²) in [6.45, 7) is 6.73. The van der Waals surface area contributed by atoms with Crippen LogP contribution in [0.25, 0.3) is 0 Å². The smallest absolute Gasteiger partial charge is 0.243 e. The first-order chi connectivity index (χ1) is 20.1. The Bertz CT molecular complexity index is 1370. The van der Waals surface area contributed by atoms with Gasteiger partial charge in [-0.15, -0.1) is 0 Å². The van der Waals surface area contributed by atoms with Crippen LogP contribution in [0.5, 0.6) is 5.75 Å². The van der Waals surface area contributed by atoms with Crippen LogP contribution in [-0.4, -0.2) is 56.6 Å². The van der Waals surface area contributed by atoms with E-state index in [9.17, 15) is 18.0 Å². The average molecular weight is 594 g/mol. The molecule has 0 aliphatic heterocycles. The van der Waals surface area contributed by atoms with Crippen LogP contribution in [-0.2, 0) is 32.6 Å². The van der Waals surface area contributed by atoms with Gasteiger partial charge >= 0.3 is 0 Å². The summed E-state index contributed by atoms with van der Waals surface area (Å²) in [6, 6.07) is 25.3. The van der Waals surface area contributed by atoms with Gasteiger partial charge in [0.15, 0.2) is 0 Å². The molecular weight excluding hydrogens is 550 g/mol. The quantitative estimate of drug-likeness (QED) is 0.247. The van der Waals surface area contributed by atoms with Crippen LogP contribution < -0.4 is 14.4 Å². The summed E-state index contributed by atoms with van der Waals surface area (Å²) < 4.78 is 32.1. The van der Waals surface area contributed by atoms with E-state index in [2.05, 4.69) is 5.32 Å². The third-order valence-corrected chi connectivity index (χ3v) is 8.25. The van der Waals surface area contributed by atoms with Crippen molar-refractivity contribution in [3.63, 3.8) is 0 Å². The zero-order valence-corrected chi connectivity index (χ0v) is 25.8. The largest absolute Gasteiger partial charge is 0.494 e. The van der Waals surface area contributed by atoms with Gasteiger partial charge < -0.3 is 15.0 Å². The van der Waals surface area contributed by atoms with Crippen molar-refractivity contribution >= 4 is 27.5 Å². The minimum Gasteiger partial charge on any atom is -0.494 e. The lowest BCUT2D eigenvalue weighted by Crippen LogP contribution is -2.52. The van der Waals surface area contributed by atoms with Crippen LogP contribution in [0.3, 0.4) is 0 Å². The third kappa shape index (κ3) is 9.91. The summed E-state index contributed by atoms with van der Waals surface area (Å²) in [4.78, 5) is 29.1. The first-order valence-corrected chi connectivity index (χ1v) is 16.4. The molecule has 3 rings (SSSR count). The van der Waals surface area contributed by atoms with Crippen LogP contribution in [0.15, 0.2) is 84.9 Å². The maximum atomic E-state index is 13.9. The minimum atomic E-state index is -3.59. The highest BCUT2D eigenvalue weighted by Crippen LogP contribution is 2.23. The molecule has 0 aliphatic carbocycles. The lowest BCUT2D eigenvalue weighted by atomic mass is 10.0. The van der Waals surface area contributed by atoms with Gasteiger partial charge in [-0.2, -0.15) is 0 Å². The molecule has 0 spiro atoms. The summed E-state index contributed by atoms with van der Waals surface area (Å²) in [5.41, 5.74) is 2.36. The number of anilines is 1. The van der Waals surface area contributed by atoms with E-state index in [1.807, 2.05) is 81.4 Å². The van der Waals surface area contributed by atoms with E-state index >= 15 is 0 Å². The number of sulfonamides is 1. The van der Waals surface area contributed by atoms with E-state index in [0.29, 0.717) is 24.5 Å². The van der Waals surface area contributed by atoms with Crippen LogP contribution in [0, 0.1) is 0 Å². The minimum absolute atomic E-state index is 0.0399. The molecule has 0 saturated heterocycles. The van der Waals surface area contributed by atoms with Gasteiger partial charge in [-0.1, -0.05) is 67.6 Å². The van der Waals surface area contributed by atoms with Crippen molar-refractivity contribution in [3.8, 4) is 5.75 Å². The fourth-order valence-electron chi connectivity index (χ4n) is 4.65. The predicted molar refractivity (Wildman–Crippen MR) is 168 cm³/mol. The zero-order chi connectivity index (χ0) is 30.5. The summed E-state index contributed by atoms with van der Waals surface area (Å²) in [5.74, 6) is 0.241. The average Bonchev–Trinajstić information content (AvgIpc) is 2.98. The molecule has 0 saturated carbocycles. The summed E-state index contributed by atoms with van der Waals surface area (Å²) in [6.07, 6.45) is 2.65. The molecule has 2 amide bonds. The van der Waals surface area contributed by atoms with Crippen LogP contribution in [0.4, 0.5) is 5.69 Å². The fourth-order valence-corrected chi connectivity index (χ4v) is 5.62. The van der Waals surface area contributed by atoms with Crippen LogP contribution in [0.2, 0.25) is 0 Å². The van der Waals surface area contributed by atoms with Gasteiger partial charge in [0.2, 0.25) is 21.8 Å². The molecule has 2 atom stereocenters. The van der Waals surface area contributed by atoms with Crippen molar-refractivity contribution in [2.24, 2.45) is 0 Å². The number of nitrogens with zero attached hydrogens (tertiary/aromatic N) is 2. The summed E-state index contributed by atoms with van der Waals surface area (Å²) >= 11 is 0. The van der Waals surface area contributed by atoms with E-state index in [1.54, 1.807) is 29.2 Å². The molecule has 226 valence electrons. The van der Waals surface area contributed by atoms with Gasteiger partial charge in [0.05, 0.1) is 18.6 Å². The number of carbonyl (C=O) groups excluding carboxylic acids is 2. The highest BCUT2D eigenvalue weighted by atomic mass is 32.2. The van der Waals surface area contributed by atoms with Crippen molar-refractivity contribution in [2.75, 3.05) is 23.7 Å². The molecule has 0 bridgehead atoms. The van der Waals surface area contributed by atoms with Gasteiger partial charge in [-0.25, -0.2) is 8.42 Å². The van der Waals surface area contributed by atoms with Crippen molar-refractivity contribution in [2.45, 2.75) is 65.1 Å². The lowest BCUT2D eigenvalue weighted by molar-refractivity contribution is -0.141. The highest BCUT2D eigenvalue weighted by molar-refractivity contribution is 7.92. The van der Waals surface area contributed by atoms with E-state index < -0.39 is 16.1 Å². The van der Waals surface area contributed by atoms with Gasteiger partial charge in [-0.05, 0) is 62.1 Å². The molecule has 42 heavy (non-hydrogen) atoms. The third-order valence-electron chi connectivity index (χ3n) is 7.06. The summed E-state index contributed by atoms with van der Waals surface area (Å²) in [7, 11) is -3.59. The van der Waals surface area contributed by atoms with Crippen molar-refractivity contribution in [1.29, 1.82) is 0 Å². The standard InChI is InChI=1S/C33H43N3O5S/c1-5-26(3)34-33(38)31(24-27-14-9-7-10-15-27)35(25-28-16-11-8-12-17-28)32(37)18-13-23-36(42(4,39)40)29-19-21-30(22-20-29)41-6-2/h7-12,14-17,19-22,26,31H,5-6,13,18,23-25H2,1-4H3,(H,34,38)/t26-,31-/m1/s1. The van der Waals surface area contributed by atoms with Crippen molar-refractivity contribution < 1.29 is 22.7 Å². The number of amides is 2. The Morgan fingerprint density at radius 1 is 0.881 bits per heavy atom. The number of hydrogen-bond donors (Lipinski definition) is 1. The van der Waals surface area contributed by atoms with Crippen molar-refractivity contribution in [1.82, 2.24) is 10.2 Å². The predicted octanol–water partition coefficient (Wildman–Crippen LogP) is 5.19. The normalized spacial score (nSPS) is 12.7. The highest BCUT2D eigenvalue weighted by Gasteiger charge is 2.31. The van der Waals surface area contributed by atoms with E-state index in [-0.39, 0.29) is 43.8 Å².